The van der Waals surface area contributed by atoms with Gasteiger partial charge in [-0.05, 0) is 25.0 Å². The number of amides is 1. The van der Waals surface area contributed by atoms with E-state index < -0.39 is 21.3 Å². The summed E-state index contributed by atoms with van der Waals surface area (Å²) >= 11 is 0. The lowest BCUT2D eigenvalue weighted by Crippen LogP contribution is -2.48. The van der Waals surface area contributed by atoms with Gasteiger partial charge in [-0.2, -0.15) is 0 Å². The van der Waals surface area contributed by atoms with Crippen LogP contribution in [0.3, 0.4) is 0 Å². The van der Waals surface area contributed by atoms with Gasteiger partial charge < -0.3 is 5.32 Å². The van der Waals surface area contributed by atoms with Gasteiger partial charge in [0.05, 0.1) is 5.92 Å². The molecule has 2 unspecified atom stereocenters. The lowest BCUT2D eigenvalue weighted by Gasteiger charge is -2.25. The molecule has 24 heavy (non-hydrogen) atoms. The Labute approximate surface area is 142 Å². The number of hydrogen-bond acceptors (Lipinski definition) is 5. The Morgan fingerprint density at radius 2 is 1.79 bits per heavy atom. The smallest absolute Gasteiger partial charge is 0.250 e. The van der Waals surface area contributed by atoms with Crippen LogP contribution in [0.15, 0.2) is 30.3 Å². The second-order valence-corrected chi connectivity index (χ2v) is 8.21. The van der Waals surface area contributed by atoms with Crippen molar-refractivity contribution < 1.29 is 13.2 Å². The maximum absolute atomic E-state index is 12.6. The third kappa shape index (κ3) is 4.06. The zero-order valence-electron chi connectivity index (χ0n) is 13.5. The van der Waals surface area contributed by atoms with Crippen LogP contribution >= 0.6 is 0 Å². The molecule has 2 fully saturated rings. The molecule has 132 valence electrons. The van der Waals surface area contributed by atoms with Crippen molar-refractivity contribution in [2.45, 2.75) is 43.5 Å². The van der Waals surface area contributed by atoms with Crippen molar-refractivity contribution in [3.05, 3.63) is 30.3 Å². The zero-order chi connectivity index (χ0) is 17.0. The van der Waals surface area contributed by atoms with E-state index in [-0.39, 0.29) is 11.9 Å². The first-order valence-corrected chi connectivity index (χ1v) is 9.96. The van der Waals surface area contributed by atoms with Crippen LogP contribution in [0.4, 0.5) is 5.69 Å². The average molecular weight is 352 g/mol. The quantitative estimate of drug-likeness (QED) is 0.632. The van der Waals surface area contributed by atoms with Crippen LogP contribution in [0.5, 0.6) is 0 Å². The van der Waals surface area contributed by atoms with Gasteiger partial charge in [-0.1, -0.05) is 37.5 Å². The SMILES string of the molecule is O=C(NC1CCCCC1)C1CNNC1S(=O)(=O)Nc1ccccc1. The second kappa shape index (κ2) is 7.50. The molecule has 8 heteroatoms. The summed E-state index contributed by atoms with van der Waals surface area (Å²) in [6.07, 6.45) is 5.38. The normalized spacial score (nSPS) is 25.3. The fourth-order valence-electron chi connectivity index (χ4n) is 3.29. The van der Waals surface area contributed by atoms with Crippen molar-refractivity contribution in [2.24, 2.45) is 5.92 Å². The van der Waals surface area contributed by atoms with Gasteiger partial charge in [0.2, 0.25) is 5.91 Å². The Morgan fingerprint density at radius 1 is 1.08 bits per heavy atom. The number of carbonyl (C=O) groups excluding carboxylic acids is 1. The fourth-order valence-corrected chi connectivity index (χ4v) is 4.77. The third-order valence-corrected chi connectivity index (χ3v) is 6.22. The molecule has 1 saturated carbocycles. The van der Waals surface area contributed by atoms with E-state index in [4.69, 9.17) is 0 Å². The number of sulfonamides is 1. The summed E-state index contributed by atoms with van der Waals surface area (Å²) in [6, 6.07) is 8.84. The van der Waals surface area contributed by atoms with E-state index in [2.05, 4.69) is 20.9 Å². The highest BCUT2D eigenvalue weighted by Gasteiger charge is 2.42. The molecule has 3 rings (SSSR count). The number of rotatable bonds is 5. The molecule has 1 heterocycles. The van der Waals surface area contributed by atoms with Crippen LogP contribution in [0, 0.1) is 5.92 Å². The molecule has 1 aliphatic heterocycles. The van der Waals surface area contributed by atoms with Gasteiger partial charge in [0.15, 0.2) is 5.37 Å². The van der Waals surface area contributed by atoms with Gasteiger partial charge in [-0.25, -0.2) is 13.8 Å². The number of carbonyl (C=O) groups is 1. The summed E-state index contributed by atoms with van der Waals surface area (Å²) in [5.41, 5.74) is 6.01. The number of benzene rings is 1. The Bertz CT molecular complexity index is 659. The van der Waals surface area contributed by atoms with Gasteiger partial charge in [-0.3, -0.25) is 14.9 Å². The number of para-hydroxylation sites is 1. The minimum atomic E-state index is -3.73. The van der Waals surface area contributed by atoms with Crippen LogP contribution in [0.25, 0.3) is 0 Å². The molecule has 1 saturated heterocycles. The van der Waals surface area contributed by atoms with E-state index in [0.717, 1.165) is 25.7 Å². The van der Waals surface area contributed by atoms with Gasteiger partial charge in [0, 0.05) is 18.3 Å². The Balaban J connectivity index is 1.66. The molecular formula is C16H24N4O3S. The van der Waals surface area contributed by atoms with E-state index in [1.807, 2.05) is 6.07 Å². The topological polar surface area (TPSA) is 99.3 Å². The lowest BCUT2D eigenvalue weighted by atomic mass is 9.95. The average Bonchev–Trinajstić information content (AvgIpc) is 3.07. The molecule has 2 atom stereocenters. The van der Waals surface area contributed by atoms with Gasteiger partial charge >= 0.3 is 0 Å². The van der Waals surface area contributed by atoms with Crippen molar-refractivity contribution in [1.82, 2.24) is 16.2 Å². The zero-order valence-corrected chi connectivity index (χ0v) is 14.3. The summed E-state index contributed by atoms with van der Waals surface area (Å²) in [5.74, 6) is -0.865. The van der Waals surface area contributed by atoms with Crippen molar-refractivity contribution in [3.8, 4) is 0 Å². The lowest BCUT2D eigenvalue weighted by molar-refractivity contribution is -0.125. The number of anilines is 1. The summed E-state index contributed by atoms with van der Waals surface area (Å²) in [4.78, 5) is 12.5. The number of nitrogens with one attached hydrogen (secondary N) is 4. The molecular weight excluding hydrogens is 328 g/mol. The highest BCUT2D eigenvalue weighted by molar-refractivity contribution is 7.93. The highest BCUT2D eigenvalue weighted by atomic mass is 32.2. The first-order chi connectivity index (χ1) is 11.6. The molecule has 0 aromatic heterocycles. The van der Waals surface area contributed by atoms with Crippen LogP contribution in [-0.4, -0.2) is 32.3 Å². The van der Waals surface area contributed by atoms with Gasteiger partial charge in [0.1, 0.15) is 0 Å². The summed E-state index contributed by atoms with van der Waals surface area (Å²) in [7, 11) is -3.73. The molecule has 1 aliphatic carbocycles. The first kappa shape index (κ1) is 17.2. The van der Waals surface area contributed by atoms with Crippen molar-refractivity contribution in [2.75, 3.05) is 11.3 Å². The molecule has 1 aromatic rings. The maximum atomic E-state index is 12.6. The molecule has 0 spiro atoms. The monoisotopic (exact) mass is 352 g/mol. The van der Waals surface area contributed by atoms with E-state index in [0.29, 0.717) is 12.2 Å². The van der Waals surface area contributed by atoms with E-state index >= 15 is 0 Å². The third-order valence-electron chi connectivity index (χ3n) is 4.59. The number of hydrazine groups is 1. The second-order valence-electron chi connectivity index (χ2n) is 6.41. The van der Waals surface area contributed by atoms with Crippen LogP contribution in [-0.2, 0) is 14.8 Å². The van der Waals surface area contributed by atoms with Crippen LogP contribution in [0.2, 0.25) is 0 Å². The molecule has 0 radical (unpaired) electrons. The Morgan fingerprint density at radius 3 is 2.50 bits per heavy atom. The van der Waals surface area contributed by atoms with Gasteiger partial charge in [0.25, 0.3) is 10.0 Å². The van der Waals surface area contributed by atoms with E-state index in [1.54, 1.807) is 24.3 Å². The van der Waals surface area contributed by atoms with E-state index in [1.165, 1.54) is 6.42 Å². The van der Waals surface area contributed by atoms with Crippen molar-refractivity contribution in [1.29, 1.82) is 0 Å². The van der Waals surface area contributed by atoms with Gasteiger partial charge in [-0.15, -0.1) is 0 Å². The Kier molecular flexibility index (Phi) is 5.37. The highest BCUT2D eigenvalue weighted by Crippen LogP contribution is 2.21. The summed E-state index contributed by atoms with van der Waals surface area (Å²) in [6.45, 7) is 0.291. The first-order valence-electron chi connectivity index (χ1n) is 8.42. The Hall–Kier alpha value is -1.64. The summed E-state index contributed by atoms with van der Waals surface area (Å²) < 4.78 is 27.8. The molecule has 2 aliphatic rings. The van der Waals surface area contributed by atoms with Crippen molar-refractivity contribution >= 4 is 21.6 Å². The molecule has 7 nitrogen and oxygen atoms in total. The van der Waals surface area contributed by atoms with Crippen molar-refractivity contribution in [3.63, 3.8) is 0 Å². The van der Waals surface area contributed by atoms with Crippen LogP contribution in [0.1, 0.15) is 32.1 Å². The minimum absolute atomic E-state index is 0.164. The largest absolute Gasteiger partial charge is 0.353 e. The predicted octanol–water partition coefficient (Wildman–Crippen LogP) is 0.927. The fraction of sp³-hybridized carbons (Fsp3) is 0.562. The van der Waals surface area contributed by atoms with E-state index in [9.17, 15) is 13.2 Å². The summed E-state index contributed by atoms with van der Waals surface area (Å²) in [5, 5.41) is 2.02. The molecule has 0 bridgehead atoms. The number of hydrogen-bond donors (Lipinski definition) is 4. The molecule has 4 N–H and O–H groups in total. The molecule has 1 aromatic carbocycles. The minimum Gasteiger partial charge on any atom is -0.353 e. The molecule has 1 amide bonds. The standard InChI is InChI=1S/C16H24N4O3S/c21-15(18-12-7-3-1-4-8-12)14-11-17-19-16(14)24(22,23)20-13-9-5-2-6-10-13/h2,5-6,9-10,12,14,16-17,19-20H,1,3-4,7-8,11H2,(H,18,21). The maximum Gasteiger partial charge on any atom is 0.250 e. The predicted molar refractivity (Wildman–Crippen MR) is 92.4 cm³/mol. The van der Waals surface area contributed by atoms with Crippen LogP contribution < -0.4 is 20.9 Å².